The molecule has 0 radical (unpaired) electrons. The summed E-state index contributed by atoms with van der Waals surface area (Å²) >= 11 is 0. The molecule has 2 saturated carbocycles. The molecule has 20 heavy (non-hydrogen) atoms. The van der Waals surface area contributed by atoms with Crippen molar-refractivity contribution in [3.63, 3.8) is 0 Å². The van der Waals surface area contributed by atoms with Crippen LogP contribution in [0.15, 0.2) is 12.2 Å². The van der Waals surface area contributed by atoms with Gasteiger partial charge in [0.1, 0.15) is 6.10 Å². The average Bonchev–Trinajstić information content (AvgIpc) is 2.89. The monoisotopic (exact) mass is 278 g/mol. The third kappa shape index (κ3) is 1.66. The third-order valence-electron chi connectivity index (χ3n) is 5.60. The first-order valence-corrected chi connectivity index (χ1v) is 7.50. The molecule has 0 aromatic rings. The maximum absolute atomic E-state index is 12.2. The Balaban J connectivity index is 1.87. The first-order valence-electron chi connectivity index (χ1n) is 7.50. The molecular weight excluding hydrogens is 256 g/mol. The molecule has 110 valence electrons. The minimum Gasteiger partial charge on any atom is -0.466 e. The number of esters is 2. The molecule has 4 nitrogen and oxygen atoms in total. The summed E-state index contributed by atoms with van der Waals surface area (Å²) in [6.45, 7) is 5.84. The van der Waals surface area contributed by atoms with Gasteiger partial charge in [0.25, 0.3) is 0 Å². The fourth-order valence-electron chi connectivity index (χ4n) is 4.94. The molecule has 6 atom stereocenters. The minimum absolute atomic E-state index is 0.0965. The highest BCUT2D eigenvalue weighted by atomic mass is 16.5. The Kier molecular flexibility index (Phi) is 3.14. The van der Waals surface area contributed by atoms with Crippen LogP contribution in [-0.2, 0) is 19.1 Å². The van der Waals surface area contributed by atoms with E-state index >= 15 is 0 Å². The van der Waals surface area contributed by atoms with Crippen molar-refractivity contribution in [2.75, 3.05) is 6.61 Å². The van der Waals surface area contributed by atoms with Crippen molar-refractivity contribution in [2.45, 2.75) is 39.7 Å². The molecule has 3 aliphatic rings. The summed E-state index contributed by atoms with van der Waals surface area (Å²) in [5.74, 6) is 0.747. The van der Waals surface area contributed by atoms with Gasteiger partial charge in [0.2, 0.25) is 0 Å². The largest absolute Gasteiger partial charge is 0.466 e. The van der Waals surface area contributed by atoms with Crippen molar-refractivity contribution in [1.29, 1.82) is 0 Å². The zero-order valence-electron chi connectivity index (χ0n) is 12.3. The molecular formula is C16H22O4. The maximum atomic E-state index is 12.2. The van der Waals surface area contributed by atoms with Crippen LogP contribution < -0.4 is 0 Å². The molecule has 0 aromatic carbocycles. The van der Waals surface area contributed by atoms with Crippen molar-refractivity contribution >= 4 is 11.9 Å². The molecule has 0 unspecified atom stereocenters. The van der Waals surface area contributed by atoms with E-state index in [2.05, 4.69) is 19.1 Å². The van der Waals surface area contributed by atoms with Gasteiger partial charge in [-0.15, -0.1) is 0 Å². The van der Waals surface area contributed by atoms with E-state index in [4.69, 9.17) is 9.47 Å². The average molecular weight is 278 g/mol. The van der Waals surface area contributed by atoms with Crippen LogP contribution in [0.25, 0.3) is 0 Å². The summed E-state index contributed by atoms with van der Waals surface area (Å²) in [7, 11) is 0. The van der Waals surface area contributed by atoms with Crippen molar-refractivity contribution in [3.05, 3.63) is 12.2 Å². The highest BCUT2D eigenvalue weighted by molar-refractivity contribution is 5.74. The molecule has 0 amide bonds. The van der Waals surface area contributed by atoms with Crippen LogP contribution in [0.1, 0.15) is 33.6 Å². The van der Waals surface area contributed by atoms with Crippen LogP contribution in [0.4, 0.5) is 0 Å². The maximum Gasteiger partial charge on any atom is 0.309 e. The van der Waals surface area contributed by atoms with E-state index in [0.29, 0.717) is 24.9 Å². The molecule has 0 saturated heterocycles. The van der Waals surface area contributed by atoms with Crippen molar-refractivity contribution in [2.24, 2.45) is 29.1 Å². The smallest absolute Gasteiger partial charge is 0.309 e. The van der Waals surface area contributed by atoms with E-state index in [1.165, 1.54) is 6.92 Å². The van der Waals surface area contributed by atoms with E-state index in [1.807, 2.05) is 6.92 Å². The van der Waals surface area contributed by atoms with E-state index in [9.17, 15) is 9.59 Å². The number of fused-ring (bicyclic) bond motifs is 4. The molecule has 4 heteroatoms. The Morgan fingerprint density at radius 1 is 1.40 bits per heavy atom. The molecule has 0 bridgehead atoms. The predicted octanol–water partition coefficient (Wildman–Crippen LogP) is 2.33. The lowest BCUT2D eigenvalue weighted by atomic mass is 9.48. The SMILES string of the molecule is CCOC(=O)[C@@H]1C[C@@H](OC(C)=O)[C@@]2(C)[C@@H]1[C@@H]1CC=C[C@@H]12. The Labute approximate surface area is 119 Å². The standard InChI is InChI=1S/C16H22O4/c1-4-19-15(18)11-8-13(20-9(2)17)16(3)12-7-5-6-10(12)14(11)16/h5,7,10-14H,4,6,8H2,1-3H3/t10-,11-,12+,13-,14-,16+/m1/s1. The Bertz CT molecular complexity index is 469. The van der Waals surface area contributed by atoms with Crippen molar-refractivity contribution < 1.29 is 19.1 Å². The molecule has 0 aliphatic heterocycles. The van der Waals surface area contributed by atoms with Gasteiger partial charge in [0, 0.05) is 12.3 Å². The Morgan fingerprint density at radius 3 is 2.80 bits per heavy atom. The van der Waals surface area contributed by atoms with Gasteiger partial charge in [-0.05, 0) is 37.5 Å². The first-order chi connectivity index (χ1) is 9.50. The predicted molar refractivity (Wildman–Crippen MR) is 72.6 cm³/mol. The molecule has 3 rings (SSSR count). The summed E-state index contributed by atoms with van der Waals surface area (Å²) < 4.78 is 10.8. The fourth-order valence-corrected chi connectivity index (χ4v) is 4.94. The van der Waals surface area contributed by atoms with E-state index < -0.39 is 0 Å². The number of hydrogen-bond acceptors (Lipinski definition) is 4. The highest BCUT2D eigenvalue weighted by Crippen LogP contribution is 2.70. The Hall–Kier alpha value is -1.32. The summed E-state index contributed by atoms with van der Waals surface area (Å²) in [5, 5.41) is 0. The number of carbonyl (C=O) groups excluding carboxylic acids is 2. The van der Waals surface area contributed by atoms with Crippen LogP contribution in [-0.4, -0.2) is 24.6 Å². The van der Waals surface area contributed by atoms with Gasteiger partial charge < -0.3 is 9.47 Å². The van der Waals surface area contributed by atoms with Crippen LogP contribution >= 0.6 is 0 Å². The first kappa shape index (κ1) is 13.7. The minimum atomic E-state index is -0.259. The van der Waals surface area contributed by atoms with Gasteiger partial charge in [-0.25, -0.2) is 0 Å². The number of allylic oxidation sites excluding steroid dienone is 2. The normalized spacial score (nSPS) is 44.5. The zero-order chi connectivity index (χ0) is 14.5. The summed E-state index contributed by atoms with van der Waals surface area (Å²) in [6, 6.07) is 0. The van der Waals surface area contributed by atoms with Crippen molar-refractivity contribution in [3.8, 4) is 0 Å². The van der Waals surface area contributed by atoms with E-state index in [0.717, 1.165) is 6.42 Å². The van der Waals surface area contributed by atoms with Crippen LogP contribution in [0.2, 0.25) is 0 Å². The molecule has 2 fully saturated rings. The van der Waals surface area contributed by atoms with Gasteiger partial charge in [-0.3, -0.25) is 9.59 Å². The van der Waals surface area contributed by atoms with E-state index in [-0.39, 0.29) is 35.3 Å². The quantitative estimate of drug-likeness (QED) is 0.587. The molecule has 0 N–H and O–H groups in total. The topological polar surface area (TPSA) is 52.6 Å². The van der Waals surface area contributed by atoms with Crippen LogP contribution in [0.3, 0.4) is 0 Å². The number of rotatable bonds is 3. The lowest BCUT2D eigenvalue weighted by Crippen LogP contribution is -2.57. The number of hydrogen-bond donors (Lipinski definition) is 0. The molecule has 3 aliphatic carbocycles. The molecule has 0 spiro atoms. The highest BCUT2D eigenvalue weighted by Gasteiger charge is 2.70. The second-order valence-corrected chi connectivity index (χ2v) is 6.44. The fraction of sp³-hybridized carbons (Fsp3) is 0.750. The lowest BCUT2D eigenvalue weighted by Gasteiger charge is -2.56. The van der Waals surface area contributed by atoms with Gasteiger partial charge in [0.15, 0.2) is 0 Å². The second-order valence-electron chi connectivity index (χ2n) is 6.44. The van der Waals surface area contributed by atoms with Gasteiger partial charge in [0.05, 0.1) is 12.5 Å². The molecule has 0 heterocycles. The number of ether oxygens (including phenoxy) is 2. The summed E-state index contributed by atoms with van der Waals surface area (Å²) in [6.07, 6.45) is 5.92. The van der Waals surface area contributed by atoms with Gasteiger partial charge in [-0.2, -0.15) is 0 Å². The van der Waals surface area contributed by atoms with Gasteiger partial charge >= 0.3 is 11.9 Å². The lowest BCUT2D eigenvalue weighted by molar-refractivity contribution is -0.172. The summed E-state index contributed by atoms with van der Waals surface area (Å²) in [5.41, 5.74) is -0.0965. The van der Waals surface area contributed by atoms with Crippen LogP contribution in [0, 0.1) is 29.1 Å². The summed E-state index contributed by atoms with van der Waals surface area (Å²) in [4.78, 5) is 23.6. The third-order valence-corrected chi connectivity index (χ3v) is 5.60. The Morgan fingerprint density at radius 2 is 2.15 bits per heavy atom. The van der Waals surface area contributed by atoms with Crippen molar-refractivity contribution in [1.82, 2.24) is 0 Å². The van der Waals surface area contributed by atoms with Gasteiger partial charge in [-0.1, -0.05) is 19.1 Å². The van der Waals surface area contributed by atoms with E-state index in [1.54, 1.807) is 0 Å². The second kappa shape index (κ2) is 4.61. The number of carbonyl (C=O) groups is 2. The van der Waals surface area contributed by atoms with Crippen LogP contribution in [0.5, 0.6) is 0 Å². The zero-order valence-corrected chi connectivity index (χ0v) is 12.3. The molecule has 0 aromatic heterocycles.